The Balaban J connectivity index is 1.67. The Kier molecular flexibility index (Phi) is 6.58. The van der Waals surface area contributed by atoms with E-state index in [1.807, 2.05) is 19.1 Å². The van der Waals surface area contributed by atoms with Gasteiger partial charge >= 0.3 is 6.03 Å². The molecule has 2 aliphatic heterocycles. The van der Waals surface area contributed by atoms with E-state index in [-0.39, 0.29) is 19.1 Å². The van der Waals surface area contributed by atoms with Crippen LogP contribution >= 0.6 is 0 Å². The van der Waals surface area contributed by atoms with Gasteiger partial charge in [-0.1, -0.05) is 0 Å². The van der Waals surface area contributed by atoms with E-state index in [0.717, 1.165) is 35.6 Å². The average Bonchev–Trinajstić information content (AvgIpc) is 3.02. The molecule has 0 spiro atoms. The lowest BCUT2D eigenvalue weighted by Gasteiger charge is -2.24. The van der Waals surface area contributed by atoms with Gasteiger partial charge in [-0.25, -0.2) is 23.2 Å². The Bertz CT molecular complexity index is 1080. The third kappa shape index (κ3) is 5.00. The maximum absolute atomic E-state index is 12.2. The standard InChI is InChI=1S/C21H28N6O4S/c1-3-22-21(28)23-16-7-5-15(6-8-16)19-24-18-14-27(32(2,29)30)13-17(18)20(25-19)26-9-4-11-31-12-10-26/h5-8H,3-4,9-14H2,1-2H3,(H2,22,23,28). The predicted octanol–water partition coefficient (Wildman–Crippen LogP) is 1.79. The molecule has 3 heterocycles. The molecule has 4 rings (SSSR count). The Morgan fingerprint density at radius 1 is 1.12 bits per heavy atom. The SMILES string of the molecule is CCNC(=O)Nc1ccc(-c2nc3c(c(N4CCCOCC4)n2)CN(S(C)(=O)=O)C3)cc1. The number of carbonyl (C=O) groups is 1. The number of carbonyl (C=O) groups excluding carboxylic acids is 1. The van der Waals surface area contributed by atoms with E-state index in [4.69, 9.17) is 14.7 Å². The van der Waals surface area contributed by atoms with Gasteiger partial charge in [0.1, 0.15) is 5.82 Å². The van der Waals surface area contributed by atoms with Crippen LogP contribution in [0.3, 0.4) is 0 Å². The molecule has 0 aliphatic carbocycles. The number of rotatable bonds is 5. The molecular formula is C21H28N6O4S. The zero-order valence-corrected chi connectivity index (χ0v) is 19.1. The van der Waals surface area contributed by atoms with Crippen LogP contribution in [0.2, 0.25) is 0 Å². The van der Waals surface area contributed by atoms with Gasteiger partial charge in [0.2, 0.25) is 10.0 Å². The molecule has 2 aromatic rings. The highest BCUT2D eigenvalue weighted by Gasteiger charge is 2.32. The summed E-state index contributed by atoms with van der Waals surface area (Å²) in [5, 5.41) is 5.46. The van der Waals surface area contributed by atoms with Gasteiger partial charge in [0, 0.05) is 49.6 Å². The Morgan fingerprint density at radius 2 is 1.91 bits per heavy atom. The second-order valence-corrected chi connectivity index (χ2v) is 9.82. The van der Waals surface area contributed by atoms with Gasteiger partial charge in [-0.2, -0.15) is 4.31 Å². The van der Waals surface area contributed by atoms with Gasteiger partial charge in [0.15, 0.2) is 5.82 Å². The van der Waals surface area contributed by atoms with Crippen LogP contribution in [0.25, 0.3) is 11.4 Å². The molecule has 11 heteroatoms. The summed E-state index contributed by atoms with van der Waals surface area (Å²) in [4.78, 5) is 23.5. The second kappa shape index (κ2) is 9.39. The molecule has 2 N–H and O–H groups in total. The average molecular weight is 461 g/mol. The van der Waals surface area contributed by atoms with Gasteiger partial charge in [-0.05, 0) is 37.6 Å². The Hall–Kier alpha value is -2.76. The van der Waals surface area contributed by atoms with Crippen molar-refractivity contribution in [2.24, 2.45) is 0 Å². The van der Waals surface area contributed by atoms with Crippen molar-refractivity contribution in [2.75, 3.05) is 49.3 Å². The van der Waals surface area contributed by atoms with Crippen LogP contribution < -0.4 is 15.5 Å². The number of hydrogen-bond donors (Lipinski definition) is 2. The number of sulfonamides is 1. The molecule has 0 atom stereocenters. The summed E-state index contributed by atoms with van der Waals surface area (Å²) < 4.78 is 31.4. The van der Waals surface area contributed by atoms with Crippen LogP contribution in [0.15, 0.2) is 24.3 Å². The monoisotopic (exact) mass is 460 g/mol. The molecule has 10 nitrogen and oxygen atoms in total. The molecule has 2 amide bonds. The van der Waals surface area contributed by atoms with Crippen LogP contribution in [0, 0.1) is 0 Å². The lowest BCUT2D eigenvalue weighted by Crippen LogP contribution is -2.29. The quantitative estimate of drug-likeness (QED) is 0.699. The lowest BCUT2D eigenvalue weighted by atomic mass is 10.1. The van der Waals surface area contributed by atoms with E-state index in [1.165, 1.54) is 10.6 Å². The molecule has 1 aromatic heterocycles. The Labute approximate surface area is 188 Å². The molecule has 1 saturated heterocycles. The fourth-order valence-corrected chi connectivity index (χ4v) is 4.55. The summed E-state index contributed by atoms with van der Waals surface area (Å²) in [5.41, 5.74) is 3.04. The molecule has 32 heavy (non-hydrogen) atoms. The molecule has 0 unspecified atom stereocenters. The minimum atomic E-state index is -3.35. The van der Waals surface area contributed by atoms with Crippen molar-refractivity contribution in [3.05, 3.63) is 35.5 Å². The van der Waals surface area contributed by atoms with Crippen LogP contribution in [0.5, 0.6) is 0 Å². The van der Waals surface area contributed by atoms with Crippen molar-refractivity contribution in [2.45, 2.75) is 26.4 Å². The zero-order valence-electron chi connectivity index (χ0n) is 18.3. The summed E-state index contributed by atoms with van der Waals surface area (Å²) in [6.07, 6.45) is 2.09. The van der Waals surface area contributed by atoms with Gasteiger partial charge in [0.05, 0.1) is 25.1 Å². The molecule has 1 fully saturated rings. The first-order valence-electron chi connectivity index (χ1n) is 10.7. The molecule has 2 aliphatic rings. The number of hydrogen-bond acceptors (Lipinski definition) is 7. The second-order valence-electron chi connectivity index (χ2n) is 7.84. The first-order chi connectivity index (χ1) is 15.3. The topological polar surface area (TPSA) is 117 Å². The number of nitrogens with one attached hydrogen (secondary N) is 2. The van der Waals surface area contributed by atoms with Crippen molar-refractivity contribution in [1.29, 1.82) is 0 Å². The van der Waals surface area contributed by atoms with Crippen molar-refractivity contribution in [3.63, 3.8) is 0 Å². The molecule has 0 radical (unpaired) electrons. The zero-order chi connectivity index (χ0) is 22.7. The van der Waals surface area contributed by atoms with E-state index < -0.39 is 10.0 Å². The van der Waals surface area contributed by atoms with E-state index in [2.05, 4.69) is 15.5 Å². The van der Waals surface area contributed by atoms with Crippen LogP contribution in [0.4, 0.5) is 16.3 Å². The molecule has 1 aromatic carbocycles. The smallest absolute Gasteiger partial charge is 0.319 e. The molecule has 172 valence electrons. The number of aromatic nitrogens is 2. The van der Waals surface area contributed by atoms with Gasteiger partial charge in [-0.15, -0.1) is 0 Å². The first kappa shape index (κ1) is 22.4. The van der Waals surface area contributed by atoms with E-state index in [0.29, 0.717) is 37.8 Å². The van der Waals surface area contributed by atoms with Gasteiger partial charge < -0.3 is 20.3 Å². The van der Waals surface area contributed by atoms with Gasteiger partial charge in [-0.3, -0.25) is 0 Å². The van der Waals surface area contributed by atoms with E-state index in [1.54, 1.807) is 12.1 Å². The summed E-state index contributed by atoms with van der Waals surface area (Å²) >= 11 is 0. The highest BCUT2D eigenvalue weighted by Crippen LogP contribution is 2.33. The largest absolute Gasteiger partial charge is 0.380 e. The maximum atomic E-state index is 12.2. The Morgan fingerprint density at radius 3 is 2.62 bits per heavy atom. The minimum Gasteiger partial charge on any atom is -0.380 e. The number of nitrogens with zero attached hydrogens (tertiary/aromatic N) is 4. The third-order valence-corrected chi connectivity index (χ3v) is 6.66. The molecule has 0 bridgehead atoms. The number of ether oxygens (including phenoxy) is 1. The number of anilines is 2. The lowest BCUT2D eigenvalue weighted by molar-refractivity contribution is 0.152. The number of fused-ring (bicyclic) bond motifs is 1. The molecular weight excluding hydrogens is 432 g/mol. The van der Waals surface area contributed by atoms with Gasteiger partial charge in [0.25, 0.3) is 0 Å². The summed E-state index contributed by atoms with van der Waals surface area (Å²) in [7, 11) is -3.35. The molecule has 0 saturated carbocycles. The van der Waals surface area contributed by atoms with Crippen LogP contribution in [-0.2, 0) is 27.8 Å². The van der Waals surface area contributed by atoms with Crippen molar-refractivity contribution in [3.8, 4) is 11.4 Å². The van der Waals surface area contributed by atoms with Crippen molar-refractivity contribution < 1.29 is 17.9 Å². The number of amides is 2. The fourth-order valence-electron chi connectivity index (χ4n) is 3.83. The summed E-state index contributed by atoms with van der Waals surface area (Å²) in [6.45, 7) is 5.69. The fraction of sp³-hybridized carbons (Fsp3) is 0.476. The van der Waals surface area contributed by atoms with Crippen molar-refractivity contribution in [1.82, 2.24) is 19.6 Å². The van der Waals surface area contributed by atoms with Crippen LogP contribution in [0.1, 0.15) is 24.6 Å². The number of benzene rings is 1. The summed E-state index contributed by atoms with van der Waals surface area (Å²) in [6, 6.07) is 7.02. The van der Waals surface area contributed by atoms with Crippen molar-refractivity contribution >= 4 is 27.6 Å². The highest BCUT2D eigenvalue weighted by molar-refractivity contribution is 7.88. The minimum absolute atomic E-state index is 0.234. The van der Waals surface area contributed by atoms with Crippen LogP contribution in [-0.4, -0.2) is 67.8 Å². The number of urea groups is 1. The van der Waals surface area contributed by atoms with E-state index >= 15 is 0 Å². The first-order valence-corrected chi connectivity index (χ1v) is 12.5. The normalized spacial score (nSPS) is 17.0. The summed E-state index contributed by atoms with van der Waals surface area (Å²) in [5.74, 6) is 1.30. The highest BCUT2D eigenvalue weighted by atomic mass is 32.2. The predicted molar refractivity (Wildman–Crippen MR) is 122 cm³/mol. The maximum Gasteiger partial charge on any atom is 0.319 e. The third-order valence-electron chi connectivity index (χ3n) is 5.46. The van der Waals surface area contributed by atoms with E-state index in [9.17, 15) is 13.2 Å².